The van der Waals surface area contributed by atoms with Crippen LogP contribution in [0.1, 0.15) is 43.5 Å². The molecule has 1 aromatic carbocycles. The van der Waals surface area contributed by atoms with Crippen molar-refractivity contribution >= 4 is 16.9 Å². The normalized spacial score (nSPS) is 15.2. The number of amides is 2. The number of H-pyrrole nitrogens is 1. The van der Waals surface area contributed by atoms with E-state index >= 15 is 0 Å². The van der Waals surface area contributed by atoms with Gasteiger partial charge in [-0.15, -0.1) is 0 Å². The van der Waals surface area contributed by atoms with Crippen molar-refractivity contribution < 1.29 is 4.79 Å². The van der Waals surface area contributed by atoms with E-state index in [1.165, 1.54) is 5.39 Å². The van der Waals surface area contributed by atoms with Gasteiger partial charge in [0.25, 0.3) is 0 Å². The van der Waals surface area contributed by atoms with E-state index in [0.29, 0.717) is 12.6 Å². The van der Waals surface area contributed by atoms with Crippen molar-refractivity contribution in [3.05, 3.63) is 54.0 Å². The zero-order valence-electron chi connectivity index (χ0n) is 15.3. The molecule has 2 amide bonds. The second-order valence-electron chi connectivity index (χ2n) is 7.05. The summed E-state index contributed by atoms with van der Waals surface area (Å²) in [6, 6.07) is 10.7. The van der Waals surface area contributed by atoms with Crippen molar-refractivity contribution in [2.75, 3.05) is 0 Å². The number of carbonyl (C=O) groups is 1. The molecule has 4 rings (SSSR count). The highest BCUT2D eigenvalue weighted by atomic mass is 16.2. The first-order valence-electron chi connectivity index (χ1n) is 9.26. The number of nitrogens with zero attached hydrogens (tertiary/aromatic N) is 3. The van der Waals surface area contributed by atoms with Crippen LogP contribution in [0.15, 0.2) is 42.7 Å². The van der Waals surface area contributed by atoms with Gasteiger partial charge < -0.3 is 15.2 Å². The quantitative estimate of drug-likeness (QED) is 0.711. The van der Waals surface area contributed by atoms with Crippen molar-refractivity contribution in [1.29, 1.82) is 0 Å². The first-order chi connectivity index (χ1) is 12.7. The minimum atomic E-state index is -0.0246. The maximum absolute atomic E-state index is 13.0. The summed E-state index contributed by atoms with van der Waals surface area (Å²) in [5, 5.41) is 8.61. The molecular weight excluding hydrogens is 326 g/mol. The van der Waals surface area contributed by atoms with Crippen LogP contribution in [0.25, 0.3) is 10.9 Å². The number of benzene rings is 1. The average molecular weight is 351 g/mol. The van der Waals surface area contributed by atoms with Gasteiger partial charge in [0.1, 0.15) is 0 Å². The lowest BCUT2D eigenvalue weighted by Crippen LogP contribution is -2.42. The zero-order valence-corrected chi connectivity index (χ0v) is 15.3. The summed E-state index contributed by atoms with van der Waals surface area (Å²) in [7, 11) is 1.91. The van der Waals surface area contributed by atoms with Gasteiger partial charge in [-0.1, -0.05) is 13.0 Å². The molecule has 2 N–H and O–H groups in total. The number of nitrogens with one attached hydrogen (secondary N) is 2. The van der Waals surface area contributed by atoms with Crippen molar-refractivity contribution in [1.82, 2.24) is 25.0 Å². The number of urea groups is 1. The monoisotopic (exact) mass is 351 g/mol. The van der Waals surface area contributed by atoms with Gasteiger partial charge in [-0.05, 0) is 54.5 Å². The SMILES string of the molecule is CC[C@H](NC(=O)N(Cc1ccc2[nH]ccc2c1)C1CC1)c1ccnn1C. The van der Waals surface area contributed by atoms with E-state index in [-0.39, 0.29) is 12.1 Å². The summed E-state index contributed by atoms with van der Waals surface area (Å²) in [4.78, 5) is 18.2. The molecule has 0 radical (unpaired) electrons. The molecule has 2 aromatic heterocycles. The van der Waals surface area contributed by atoms with Crippen LogP contribution in [-0.2, 0) is 13.6 Å². The highest BCUT2D eigenvalue weighted by Gasteiger charge is 2.33. The molecule has 1 aliphatic rings. The van der Waals surface area contributed by atoms with Crippen molar-refractivity contribution in [2.45, 2.75) is 44.8 Å². The number of fused-ring (bicyclic) bond motifs is 1. The van der Waals surface area contributed by atoms with Crippen LogP contribution >= 0.6 is 0 Å². The fraction of sp³-hybridized carbons (Fsp3) is 0.400. The van der Waals surface area contributed by atoms with Gasteiger partial charge >= 0.3 is 6.03 Å². The van der Waals surface area contributed by atoms with Crippen molar-refractivity contribution in [2.24, 2.45) is 7.05 Å². The van der Waals surface area contributed by atoms with E-state index in [4.69, 9.17) is 0 Å². The molecular formula is C20H25N5O. The maximum atomic E-state index is 13.0. The Morgan fingerprint density at radius 3 is 2.92 bits per heavy atom. The summed E-state index contributed by atoms with van der Waals surface area (Å²) in [5.74, 6) is 0. The van der Waals surface area contributed by atoms with Crippen LogP contribution in [0, 0.1) is 0 Å². The largest absolute Gasteiger partial charge is 0.361 e. The molecule has 0 saturated heterocycles. The van der Waals surface area contributed by atoms with Crippen LogP contribution in [0.3, 0.4) is 0 Å². The van der Waals surface area contributed by atoms with Crippen LogP contribution < -0.4 is 5.32 Å². The molecule has 1 fully saturated rings. The van der Waals surface area contributed by atoms with E-state index in [0.717, 1.165) is 36.0 Å². The Balaban J connectivity index is 1.50. The van der Waals surface area contributed by atoms with Crippen molar-refractivity contribution in [3.8, 4) is 0 Å². The smallest absolute Gasteiger partial charge is 0.318 e. The fourth-order valence-corrected chi connectivity index (χ4v) is 3.49. The molecule has 26 heavy (non-hydrogen) atoms. The molecule has 3 aromatic rings. The second kappa shape index (κ2) is 6.86. The second-order valence-corrected chi connectivity index (χ2v) is 7.05. The molecule has 6 heteroatoms. The zero-order chi connectivity index (χ0) is 18.1. The Bertz CT molecular complexity index is 908. The molecule has 0 unspecified atom stereocenters. The molecule has 6 nitrogen and oxygen atoms in total. The standard InChI is InChI=1S/C20H25N5O/c1-3-17(19-9-11-22-24(19)2)23-20(26)25(16-5-6-16)13-14-4-7-18-15(12-14)8-10-21-18/h4,7-12,16-17,21H,3,5-6,13H2,1-2H3,(H,23,26)/t17-/m0/s1. The van der Waals surface area contributed by atoms with Crippen LogP contribution in [0.2, 0.25) is 0 Å². The number of aryl methyl sites for hydroxylation is 1. The highest BCUT2D eigenvalue weighted by molar-refractivity contribution is 5.80. The van der Waals surface area contributed by atoms with Gasteiger partial charge in [-0.2, -0.15) is 5.10 Å². The minimum absolute atomic E-state index is 0.00900. The van der Waals surface area contributed by atoms with E-state index in [2.05, 4.69) is 46.6 Å². The third-order valence-electron chi connectivity index (χ3n) is 5.14. The van der Waals surface area contributed by atoms with Gasteiger partial charge in [0, 0.05) is 37.5 Å². The average Bonchev–Trinajstić information content (AvgIpc) is 3.22. The van der Waals surface area contributed by atoms with Gasteiger partial charge in [-0.25, -0.2) is 4.79 Å². The van der Waals surface area contributed by atoms with Gasteiger partial charge in [0.15, 0.2) is 0 Å². The summed E-state index contributed by atoms with van der Waals surface area (Å²) in [6.07, 6.45) is 6.72. The number of hydrogen-bond acceptors (Lipinski definition) is 2. The number of hydrogen-bond donors (Lipinski definition) is 2. The molecule has 1 aliphatic carbocycles. The Hall–Kier alpha value is -2.76. The fourth-order valence-electron chi connectivity index (χ4n) is 3.49. The number of rotatable bonds is 6. The Kier molecular flexibility index (Phi) is 4.41. The third kappa shape index (κ3) is 3.31. The number of carbonyl (C=O) groups excluding carboxylic acids is 1. The summed E-state index contributed by atoms with van der Waals surface area (Å²) < 4.78 is 1.83. The molecule has 0 bridgehead atoms. The number of aromatic nitrogens is 3. The van der Waals surface area contributed by atoms with Crippen LogP contribution in [0.5, 0.6) is 0 Å². The van der Waals surface area contributed by atoms with E-state index in [1.807, 2.05) is 28.9 Å². The van der Waals surface area contributed by atoms with Gasteiger partial charge in [-0.3, -0.25) is 4.68 Å². The summed E-state index contributed by atoms with van der Waals surface area (Å²) >= 11 is 0. The van der Waals surface area contributed by atoms with E-state index < -0.39 is 0 Å². The first kappa shape index (κ1) is 16.7. The molecule has 0 spiro atoms. The van der Waals surface area contributed by atoms with E-state index in [1.54, 1.807) is 6.20 Å². The van der Waals surface area contributed by atoms with Gasteiger partial charge in [0.05, 0.1) is 11.7 Å². The molecule has 1 saturated carbocycles. The topological polar surface area (TPSA) is 66.0 Å². The third-order valence-corrected chi connectivity index (χ3v) is 5.14. The van der Waals surface area contributed by atoms with Crippen LogP contribution in [-0.4, -0.2) is 31.7 Å². The predicted molar refractivity (Wildman–Crippen MR) is 102 cm³/mol. The Morgan fingerprint density at radius 2 is 2.23 bits per heavy atom. The first-order valence-corrected chi connectivity index (χ1v) is 9.26. The molecule has 0 aliphatic heterocycles. The lowest BCUT2D eigenvalue weighted by molar-refractivity contribution is 0.187. The maximum Gasteiger partial charge on any atom is 0.318 e. The molecule has 136 valence electrons. The summed E-state index contributed by atoms with van der Waals surface area (Å²) in [6.45, 7) is 2.72. The lowest BCUT2D eigenvalue weighted by Gasteiger charge is -2.26. The Morgan fingerprint density at radius 1 is 1.38 bits per heavy atom. The molecule has 2 heterocycles. The Labute approximate surface area is 153 Å². The number of aromatic amines is 1. The lowest BCUT2D eigenvalue weighted by atomic mass is 10.1. The van der Waals surface area contributed by atoms with Crippen LogP contribution in [0.4, 0.5) is 4.79 Å². The molecule has 1 atom stereocenters. The highest BCUT2D eigenvalue weighted by Crippen LogP contribution is 2.29. The predicted octanol–water partition coefficient (Wildman–Crippen LogP) is 3.73. The van der Waals surface area contributed by atoms with Gasteiger partial charge in [0.2, 0.25) is 0 Å². The summed E-state index contributed by atoms with van der Waals surface area (Å²) in [5.41, 5.74) is 3.32. The van der Waals surface area contributed by atoms with E-state index in [9.17, 15) is 4.79 Å². The minimum Gasteiger partial charge on any atom is -0.361 e. The van der Waals surface area contributed by atoms with Crippen molar-refractivity contribution in [3.63, 3.8) is 0 Å².